The molecule has 4 aromatic rings. The topological polar surface area (TPSA) is 72.1 Å². The number of aryl methyl sites for hydroxylation is 1. The molecule has 1 aromatic heterocycles. The first-order valence-electron chi connectivity index (χ1n) is 10.7. The lowest BCUT2D eigenvalue weighted by Gasteiger charge is -2.35. The highest BCUT2D eigenvalue weighted by Crippen LogP contribution is 2.41. The van der Waals surface area contributed by atoms with Gasteiger partial charge >= 0.3 is 5.63 Å². The molecule has 2 heterocycles. The van der Waals surface area contributed by atoms with Gasteiger partial charge in [0, 0.05) is 40.9 Å². The van der Waals surface area contributed by atoms with Gasteiger partial charge in [-0.3, -0.25) is 4.90 Å². The van der Waals surface area contributed by atoms with E-state index in [-0.39, 0.29) is 11.8 Å². The van der Waals surface area contributed by atoms with Crippen LogP contribution in [0.25, 0.3) is 21.7 Å². The van der Waals surface area contributed by atoms with Gasteiger partial charge in [0.05, 0.1) is 26.4 Å². The Morgan fingerprint density at radius 3 is 2.38 bits per heavy atom. The molecule has 0 amide bonds. The van der Waals surface area contributed by atoms with Crippen molar-refractivity contribution in [2.45, 2.75) is 13.0 Å². The van der Waals surface area contributed by atoms with E-state index >= 15 is 0 Å². The fraction of sp³-hybridized carbons (Fsp3) is 0.269. The quantitative estimate of drug-likeness (QED) is 0.382. The van der Waals surface area contributed by atoms with Gasteiger partial charge in [-0.2, -0.15) is 0 Å². The molecule has 0 saturated carbocycles. The lowest BCUT2D eigenvalue weighted by Crippen LogP contribution is -2.39. The number of morpholine rings is 1. The van der Waals surface area contributed by atoms with Gasteiger partial charge in [-0.25, -0.2) is 4.79 Å². The summed E-state index contributed by atoms with van der Waals surface area (Å²) in [4.78, 5) is 14.3. The first-order valence-corrected chi connectivity index (χ1v) is 10.7. The molecule has 1 atom stereocenters. The number of benzene rings is 3. The first kappa shape index (κ1) is 20.5. The zero-order valence-electron chi connectivity index (χ0n) is 18.1. The fourth-order valence-corrected chi connectivity index (χ4v) is 4.61. The molecule has 164 valence electrons. The predicted octanol–water partition coefficient (Wildman–Crippen LogP) is 4.39. The molecule has 6 heteroatoms. The van der Waals surface area contributed by atoms with E-state index in [1.807, 2.05) is 55.5 Å². The highest BCUT2D eigenvalue weighted by molar-refractivity contribution is 6.07. The van der Waals surface area contributed by atoms with Crippen LogP contribution in [0.2, 0.25) is 0 Å². The number of rotatable bonds is 4. The van der Waals surface area contributed by atoms with Gasteiger partial charge in [0.15, 0.2) is 0 Å². The average Bonchev–Trinajstić information content (AvgIpc) is 2.81. The van der Waals surface area contributed by atoms with Gasteiger partial charge < -0.3 is 19.0 Å². The van der Waals surface area contributed by atoms with Crippen LogP contribution in [0.15, 0.2) is 63.8 Å². The van der Waals surface area contributed by atoms with Crippen molar-refractivity contribution in [3.8, 4) is 11.5 Å². The SMILES string of the molecule is COc1ccc(C(c2ccc3c(ccc4c(C)cc(=O)oc43)c2O)N2CCOCC2)cc1. The number of methoxy groups -OCH3 is 1. The maximum atomic E-state index is 12.0. The van der Waals surface area contributed by atoms with Gasteiger partial charge in [0.2, 0.25) is 0 Å². The monoisotopic (exact) mass is 431 g/mol. The second-order valence-corrected chi connectivity index (χ2v) is 8.11. The van der Waals surface area contributed by atoms with Crippen molar-refractivity contribution in [2.75, 3.05) is 33.4 Å². The van der Waals surface area contributed by atoms with Gasteiger partial charge in [-0.1, -0.05) is 24.3 Å². The number of phenols is 1. The molecule has 1 saturated heterocycles. The molecular weight excluding hydrogens is 406 g/mol. The molecule has 1 aliphatic rings. The third-order valence-electron chi connectivity index (χ3n) is 6.25. The molecule has 0 radical (unpaired) electrons. The van der Waals surface area contributed by atoms with Crippen molar-refractivity contribution in [1.29, 1.82) is 0 Å². The van der Waals surface area contributed by atoms with E-state index in [0.29, 0.717) is 24.2 Å². The molecule has 32 heavy (non-hydrogen) atoms. The maximum Gasteiger partial charge on any atom is 0.336 e. The molecule has 3 aromatic carbocycles. The Kier molecular flexibility index (Phi) is 5.33. The number of hydrogen-bond acceptors (Lipinski definition) is 6. The van der Waals surface area contributed by atoms with E-state index in [1.165, 1.54) is 6.07 Å². The normalized spacial score (nSPS) is 15.8. The van der Waals surface area contributed by atoms with Gasteiger partial charge in [0.1, 0.15) is 17.1 Å². The summed E-state index contributed by atoms with van der Waals surface area (Å²) in [5.74, 6) is 0.981. The summed E-state index contributed by atoms with van der Waals surface area (Å²) in [6.45, 7) is 4.71. The standard InChI is InChI=1S/C26H25NO5/c1-16-15-23(28)32-26-19(16)7-8-20-21(26)9-10-22(25(20)29)24(27-11-13-31-14-12-27)17-3-5-18(30-2)6-4-17/h3-10,15,24,29H,11-14H2,1-2H3. The van der Waals surface area contributed by atoms with E-state index in [0.717, 1.165) is 46.3 Å². The minimum atomic E-state index is -0.393. The number of phenolic OH excluding ortho intramolecular Hbond substituents is 1. The van der Waals surface area contributed by atoms with Crippen LogP contribution in [0.3, 0.4) is 0 Å². The maximum absolute atomic E-state index is 12.0. The Morgan fingerprint density at radius 1 is 0.969 bits per heavy atom. The highest BCUT2D eigenvalue weighted by atomic mass is 16.5. The smallest absolute Gasteiger partial charge is 0.336 e. The van der Waals surface area contributed by atoms with Crippen LogP contribution >= 0.6 is 0 Å². The number of ether oxygens (including phenoxy) is 2. The molecular formula is C26H25NO5. The molecule has 0 aliphatic carbocycles. The fourth-order valence-electron chi connectivity index (χ4n) is 4.61. The van der Waals surface area contributed by atoms with Crippen LogP contribution in [-0.4, -0.2) is 43.4 Å². The number of hydrogen-bond donors (Lipinski definition) is 1. The summed E-state index contributed by atoms with van der Waals surface area (Å²) in [6, 6.07) is 16.9. The summed E-state index contributed by atoms with van der Waals surface area (Å²) >= 11 is 0. The van der Waals surface area contributed by atoms with E-state index in [9.17, 15) is 9.90 Å². The lowest BCUT2D eigenvalue weighted by molar-refractivity contribution is 0.0236. The minimum absolute atomic E-state index is 0.144. The van der Waals surface area contributed by atoms with Gasteiger partial charge in [0.25, 0.3) is 0 Å². The highest BCUT2D eigenvalue weighted by Gasteiger charge is 2.27. The van der Waals surface area contributed by atoms with Crippen molar-refractivity contribution < 1.29 is 19.0 Å². The lowest BCUT2D eigenvalue weighted by atomic mass is 9.92. The molecule has 0 bridgehead atoms. The van der Waals surface area contributed by atoms with Crippen LogP contribution in [0.1, 0.15) is 22.7 Å². The van der Waals surface area contributed by atoms with E-state index in [2.05, 4.69) is 4.90 Å². The molecule has 6 nitrogen and oxygen atoms in total. The molecule has 5 rings (SSSR count). The Bertz CT molecular complexity index is 1340. The summed E-state index contributed by atoms with van der Waals surface area (Å²) in [5.41, 5.74) is 2.83. The minimum Gasteiger partial charge on any atom is -0.507 e. The van der Waals surface area contributed by atoms with E-state index in [1.54, 1.807) is 7.11 Å². The van der Waals surface area contributed by atoms with Crippen LogP contribution in [0.4, 0.5) is 0 Å². The Morgan fingerprint density at radius 2 is 1.66 bits per heavy atom. The Balaban J connectivity index is 1.70. The summed E-state index contributed by atoms with van der Waals surface area (Å²) < 4.78 is 16.4. The molecule has 1 fully saturated rings. The van der Waals surface area contributed by atoms with Crippen molar-refractivity contribution in [2.24, 2.45) is 0 Å². The third-order valence-corrected chi connectivity index (χ3v) is 6.25. The molecule has 1 unspecified atom stereocenters. The Labute approximate surface area is 185 Å². The van der Waals surface area contributed by atoms with Gasteiger partial charge in [-0.05, 0) is 42.3 Å². The number of aromatic hydroxyl groups is 1. The summed E-state index contributed by atoms with van der Waals surface area (Å²) in [6.07, 6.45) is 0. The van der Waals surface area contributed by atoms with Crippen molar-refractivity contribution >= 4 is 21.7 Å². The van der Waals surface area contributed by atoms with Crippen LogP contribution in [0.5, 0.6) is 11.5 Å². The second-order valence-electron chi connectivity index (χ2n) is 8.11. The van der Waals surface area contributed by atoms with E-state index < -0.39 is 5.63 Å². The van der Waals surface area contributed by atoms with Crippen molar-refractivity contribution in [3.63, 3.8) is 0 Å². The third kappa shape index (κ3) is 3.51. The number of nitrogens with zero attached hydrogens (tertiary/aromatic N) is 1. The zero-order chi connectivity index (χ0) is 22.2. The number of fused-ring (bicyclic) bond motifs is 3. The van der Waals surface area contributed by atoms with Crippen LogP contribution < -0.4 is 10.4 Å². The average molecular weight is 431 g/mol. The van der Waals surface area contributed by atoms with Gasteiger partial charge in [-0.15, -0.1) is 0 Å². The van der Waals surface area contributed by atoms with Crippen LogP contribution in [-0.2, 0) is 4.74 Å². The van der Waals surface area contributed by atoms with Crippen LogP contribution in [0, 0.1) is 6.92 Å². The zero-order valence-corrected chi connectivity index (χ0v) is 18.1. The molecule has 0 spiro atoms. The second kappa shape index (κ2) is 8.30. The van der Waals surface area contributed by atoms with Crippen molar-refractivity contribution in [3.05, 3.63) is 81.7 Å². The first-order chi connectivity index (χ1) is 15.6. The van der Waals surface area contributed by atoms with E-state index in [4.69, 9.17) is 13.9 Å². The largest absolute Gasteiger partial charge is 0.507 e. The molecule has 1 aliphatic heterocycles. The predicted molar refractivity (Wildman–Crippen MR) is 124 cm³/mol. The van der Waals surface area contributed by atoms with Crippen molar-refractivity contribution in [1.82, 2.24) is 4.90 Å². The summed E-state index contributed by atoms with van der Waals surface area (Å²) in [5, 5.41) is 13.7. The molecule has 1 N–H and O–H groups in total. The summed E-state index contributed by atoms with van der Waals surface area (Å²) in [7, 11) is 1.65. The Hall–Kier alpha value is -3.35.